The third kappa shape index (κ3) is 3.87. The molecule has 0 bridgehead atoms. The third-order valence-corrected chi connectivity index (χ3v) is 6.59. The Bertz CT molecular complexity index is 978. The molecule has 1 saturated heterocycles. The molecule has 146 valence electrons. The summed E-state index contributed by atoms with van der Waals surface area (Å²) in [5.41, 5.74) is 1.34. The number of hydrogen-bond donors (Lipinski definition) is 1. The van der Waals surface area contributed by atoms with Gasteiger partial charge in [-0.15, -0.1) is 10.2 Å². The highest BCUT2D eigenvalue weighted by Gasteiger charge is 2.26. The van der Waals surface area contributed by atoms with Crippen LogP contribution in [-0.4, -0.2) is 34.2 Å². The summed E-state index contributed by atoms with van der Waals surface area (Å²) in [4.78, 5) is 14.5. The van der Waals surface area contributed by atoms with Gasteiger partial charge in [0.05, 0.1) is 0 Å². The monoisotopic (exact) mass is 394 g/mol. The highest BCUT2D eigenvalue weighted by Crippen LogP contribution is 2.33. The van der Waals surface area contributed by atoms with Crippen molar-refractivity contribution in [2.45, 2.75) is 44.9 Å². The quantitative estimate of drug-likeness (QED) is 0.633. The van der Waals surface area contributed by atoms with Crippen molar-refractivity contribution in [3.8, 4) is 0 Å². The van der Waals surface area contributed by atoms with Crippen molar-refractivity contribution in [2.75, 3.05) is 18.4 Å². The van der Waals surface area contributed by atoms with Crippen LogP contribution in [0.1, 0.15) is 50.1 Å². The molecule has 2 aromatic carbocycles. The number of urea groups is 1. The number of amides is 2. The van der Waals surface area contributed by atoms with Gasteiger partial charge in [0, 0.05) is 18.5 Å². The van der Waals surface area contributed by atoms with Crippen LogP contribution >= 0.6 is 11.3 Å². The van der Waals surface area contributed by atoms with Gasteiger partial charge < -0.3 is 4.90 Å². The van der Waals surface area contributed by atoms with E-state index < -0.39 is 0 Å². The van der Waals surface area contributed by atoms with E-state index in [1.54, 1.807) is 0 Å². The number of aromatic nitrogens is 2. The molecule has 4 rings (SSSR count). The molecule has 28 heavy (non-hydrogen) atoms. The number of likely N-dealkylation sites (tertiary alicyclic amines) is 1. The molecule has 0 aliphatic carbocycles. The average molecular weight is 395 g/mol. The Hall–Kier alpha value is -2.47. The second-order valence-corrected chi connectivity index (χ2v) is 9.40. The topological polar surface area (TPSA) is 58.1 Å². The number of fused-ring (bicyclic) bond motifs is 1. The van der Waals surface area contributed by atoms with E-state index in [0.29, 0.717) is 11.0 Å². The van der Waals surface area contributed by atoms with Crippen molar-refractivity contribution in [3.63, 3.8) is 0 Å². The van der Waals surface area contributed by atoms with Gasteiger partial charge in [0.15, 0.2) is 0 Å². The van der Waals surface area contributed by atoms with Gasteiger partial charge in [-0.2, -0.15) is 0 Å². The SMILES string of the molecule is CC(C)(C)c1nnc(NC(=O)N2CCC(c3cccc4ccccc34)CC2)s1. The summed E-state index contributed by atoms with van der Waals surface area (Å²) in [6.45, 7) is 7.79. The van der Waals surface area contributed by atoms with Crippen molar-refractivity contribution in [3.05, 3.63) is 53.0 Å². The van der Waals surface area contributed by atoms with Crippen LogP contribution in [0.2, 0.25) is 0 Å². The number of benzene rings is 2. The Morgan fingerprint density at radius 2 is 1.79 bits per heavy atom. The zero-order valence-electron chi connectivity index (χ0n) is 16.6. The fraction of sp³-hybridized carbons (Fsp3) is 0.409. The maximum Gasteiger partial charge on any atom is 0.323 e. The van der Waals surface area contributed by atoms with Gasteiger partial charge in [-0.05, 0) is 35.1 Å². The molecule has 6 heteroatoms. The molecule has 0 spiro atoms. The molecule has 2 amide bonds. The number of piperidine rings is 1. The van der Waals surface area contributed by atoms with Gasteiger partial charge in [0.2, 0.25) is 5.13 Å². The van der Waals surface area contributed by atoms with Gasteiger partial charge in [-0.1, -0.05) is 74.6 Å². The molecular formula is C22H26N4OS. The number of nitrogens with zero attached hydrogens (tertiary/aromatic N) is 3. The minimum absolute atomic E-state index is 0.0581. The number of hydrogen-bond acceptors (Lipinski definition) is 4. The summed E-state index contributed by atoms with van der Waals surface area (Å²) >= 11 is 1.45. The van der Waals surface area contributed by atoms with E-state index in [4.69, 9.17) is 0 Å². The molecular weight excluding hydrogens is 368 g/mol. The highest BCUT2D eigenvalue weighted by atomic mass is 32.1. The first-order chi connectivity index (χ1) is 13.4. The molecule has 1 aliphatic heterocycles. The van der Waals surface area contributed by atoms with E-state index in [2.05, 4.69) is 78.7 Å². The van der Waals surface area contributed by atoms with Gasteiger partial charge in [-0.25, -0.2) is 4.79 Å². The second-order valence-electron chi connectivity index (χ2n) is 8.42. The smallest absolute Gasteiger partial charge is 0.323 e. The van der Waals surface area contributed by atoms with Crippen molar-refractivity contribution < 1.29 is 4.79 Å². The van der Waals surface area contributed by atoms with Gasteiger partial charge in [0.1, 0.15) is 5.01 Å². The van der Waals surface area contributed by atoms with Crippen molar-refractivity contribution >= 4 is 33.3 Å². The summed E-state index contributed by atoms with van der Waals surface area (Å²) in [5.74, 6) is 0.490. The molecule has 0 radical (unpaired) electrons. The van der Waals surface area contributed by atoms with E-state index >= 15 is 0 Å². The Kier molecular flexibility index (Phi) is 5.06. The Balaban J connectivity index is 1.40. The summed E-state index contributed by atoms with van der Waals surface area (Å²) in [5, 5.41) is 15.4. The first-order valence-electron chi connectivity index (χ1n) is 9.79. The summed E-state index contributed by atoms with van der Waals surface area (Å²) < 4.78 is 0. The van der Waals surface area contributed by atoms with Crippen LogP contribution in [-0.2, 0) is 5.41 Å². The molecule has 0 unspecified atom stereocenters. The van der Waals surface area contributed by atoms with Crippen LogP contribution in [0.25, 0.3) is 10.8 Å². The van der Waals surface area contributed by atoms with Crippen LogP contribution in [0.3, 0.4) is 0 Å². The molecule has 0 saturated carbocycles. The Morgan fingerprint density at radius 3 is 2.50 bits per heavy atom. The zero-order chi connectivity index (χ0) is 19.7. The highest BCUT2D eigenvalue weighted by molar-refractivity contribution is 7.15. The standard InChI is InChI=1S/C22H26N4OS/c1-22(2,3)19-24-25-20(28-19)23-21(27)26-13-11-16(12-14-26)18-10-6-8-15-7-4-5-9-17(15)18/h4-10,16H,11-14H2,1-3H3,(H,23,25,27). The van der Waals surface area contributed by atoms with E-state index in [1.807, 2.05) is 4.90 Å². The van der Waals surface area contributed by atoms with Crippen LogP contribution in [0.15, 0.2) is 42.5 Å². The lowest BCUT2D eigenvalue weighted by molar-refractivity contribution is 0.194. The van der Waals surface area contributed by atoms with E-state index in [1.165, 1.54) is 27.7 Å². The van der Waals surface area contributed by atoms with Crippen LogP contribution in [0, 0.1) is 0 Å². The average Bonchev–Trinajstić information content (AvgIpc) is 3.17. The Labute approximate surface area is 169 Å². The number of carbonyl (C=O) groups is 1. The van der Waals surface area contributed by atoms with Crippen LogP contribution < -0.4 is 5.32 Å². The summed E-state index contributed by atoms with van der Waals surface area (Å²) in [6, 6.07) is 15.0. The number of rotatable bonds is 2. The number of anilines is 1. The van der Waals surface area contributed by atoms with Crippen molar-refractivity contribution in [1.29, 1.82) is 0 Å². The first-order valence-corrected chi connectivity index (χ1v) is 10.6. The molecule has 1 fully saturated rings. The molecule has 0 atom stereocenters. The second kappa shape index (κ2) is 7.51. The minimum Gasteiger partial charge on any atom is -0.324 e. The fourth-order valence-electron chi connectivity index (χ4n) is 3.75. The van der Waals surface area contributed by atoms with Gasteiger partial charge in [-0.3, -0.25) is 5.32 Å². The lowest BCUT2D eigenvalue weighted by Crippen LogP contribution is -2.40. The Morgan fingerprint density at radius 1 is 1.07 bits per heavy atom. The molecule has 1 N–H and O–H groups in total. The maximum absolute atomic E-state index is 12.6. The maximum atomic E-state index is 12.6. The molecule has 5 nitrogen and oxygen atoms in total. The lowest BCUT2D eigenvalue weighted by Gasteiger charge is -2.32. The summed E-state index contributed by atoms with van der Waals surface area (Å²) in [7, 11) is 0. The van der Waals surface area contributed by atoms with Crippen molar-refractivity contribution in [1.82, 2.24) is 15.1 Å². The lowest BCUT2D eigenvalue weighted by atomic mass is 9.86. The van der Waals surface area contributed by atoms with E-state index in [9.17, 15) is 4.79 Å². The van der Waals surface area contributed by atoms with Crippen LogP contribution in [0.4, 0.5) is 9.93 Å². The van der Waals surface area contributed by atoms with E-state index in [-0.39, 0.29) is 11.4 Å². The van der Waals surface area contributed by atoms with Gasteiger partial charge in [0.25, 0.3) is 0 Å². The third-order valence-electron chi connectivity index (χ3n) is 5.33. The zero-order valence-corrected chi connectivity index (χ0v) is 17.4. The normalized spacial score (nSPS) is 15.8. The van der Waals surface area contributed by atoms with Crippen LogP contribution in [0.5, 0.6) is 0 Å². The van der Waals surface area contributed by atoms with Gasteiger partial charge >= 0.3 is 6.03 Å². The number of nitrogens with one attached hydrogen (secondary N) is 1. The predicted octanol–water partition coefficient (Wildman–Crippen LogP) is 5.40. The first kappa shape index (κ1) is 18.9. The molecule has 1 aromatic heterocycles. The number of carbonyl (C=O) groups excluding carboxylic acids is 1. The van der Waals surface area contributed by atoms with Crippen molar-refractivity contribution in [2.24, 2.45) is 0 Å². The molecule has 1 aliphatic rings. The summed E-state index contributed by atoms with van der Waals surface area (Å²) in [6.07, 6.45) is 1.95. The van der Waals surface area contributed by atoms with E-state index in [0.717, 1.165) is 30.9 Å². The fourth-order valence-corrected chi connectivity index (χ4v) is 4.54. The molecule has 3 aromatic rings. The minimum atomic E-state index is -0.0759. The predicted molar refractivity (Wildman–Crippen MR) is 115 cm³/mol. The largest absolute Gasteiger partial charge is 0.324 e. The molecule has 2 heterocycles.